The van der Waals surface area contributed by atoms with Crippen molar-refractivity contribution in [1.29, 1.82) is 0 Å². The van der Waals surface area contributed by atoms with Gasteiger partial charge in [-0.25, -0.2) is 0 Å². The van der Waals surface area contributed by atoms with Crippen LogP contribution in [0.15, 0.2) is 0 Å². The molecule has 0 bridgehead atoms. The number of rotatable bonds is 3. The molecule has 2 nitrogen and oxygen atoms in total. The Hall–Kier alpha value is -0.0800. The Kier molecular flexibility index (Phi) is 5.18. The Bertz CT molecular complexity index is 293. The maximum Gasteiger partial charge on any atom is 0.0195 e. The zero-order chi connectivity index (χ0) is 14.8. The minimum absolute atomic E-state index is 0.506. The number of hydrogen-bond donors (Lipinski definition) is 1. The lowest BCUT2D eigenvalue weighted by Gasteiger charge is -2.48. The first-order chi connectivity index (χ1) is 9.31. The van der Waals surface area contributed by atoms with Gasteiger partial charge in [-0.2, -0.15) is 0 Å². The molecule has 2 fully saturated rings. The second-order valence-electron chi connectivity index (χ2n) is 8.86. The molecule has 2 heteroatoms. The molecule has 1 aliphatic heterocycles. The largest absolute Gasteiger partial charge is 0.313 e. The Morgan fingerprint density at radius 3 is 2.35 bits per heavy atom. The molecule has 1 saturated heterocycles. The molecule has 118 valence electrons. The second kappa shape index (κ2) is 6.36. The minimum atomic E-state index is 0.506. The molecule has 0 aromatic heterocycles. The topological polar surface area (TPSA) is 15.3 Å². The summed E-state index contributed by atoms with van der Waals surface area (Å²) < 4.78 is 0. The summed E-state index contributed by atoms with van der Waals surface area (Å²) in [5, 5.41) is 3.75. The van der Waals surface area contributed by atoms with E-state index >= 15 is 0 Å². The Morgan fingerprint density at radius 2 is 1.75 bits per heavy atom. The van der Waals surface area contributed by atoms with Crippen molar-refractivity contribution >= 4 is 0 Å². The summed E-state index contributed by atoms with van der Waals surface area (Å²) in [4.78, 5) is 2.82. The Morgan fingerprint density at radius 1 is 1.10 bits per heavy atom. The summed E-state index contributed by atoms with van der Waals surface area (Å²) in [5.74, 6) is 0. The SMILES string of the molecule is CCCC1CN(C2CC(C)(C)CC(C)(C)C2)CCCN1. The van der Waals surface area contributed by atoms with Gasteiger partial charge in [0.05, 0.1) is 0 Å². The van der Waals surface area contributed by atoms with Crippen LogP contribution in [-0.2, 0) is 0 Å². The van der Waals surface area contributed by atoms with E-state index in [0.717, 1.165) is 12.1 Å². The van der Waals surface area contributed by atoms with Gasteiger partial charge in [-0.3, -0.25) is 4.90 Å². The van der Waals surface area contributed by atoms with Gasteiger partial charge in [0.15, 0.2) is 0 Å². The molecule has 2 aliphatic rings. The van der Waals surface area contributed by atoms with Crippen molar-refractivity contribution in [1.82, 2.24) is 10.2 Å². The molecular weight excluding hydrogens is 244 g/mol. The first-order valence-corrected chi connectivity index (χ1v) is 8.79. The second-order valence-corrected chi connectivity index (χ2v) is 8.86. The highest BCUT2D eigenvalue weighted by Gasteiger charge is 2.40. The molecule has 2 rings (SSSR count). The number of nitrogens with one attached hydrogen (secondary N) is 1. The highest BCUT2D eigenvalue weighted by molar-refractivity contribution is 4.94. The molecule has 1 saturated carbocycles. The number of nitrogens with zero attached hydrogens (tertiary/aromatic N) is 1. The van der Waals surface area contributed by atoms with Crippen molar-refractivity contribution in [2.75, 3.05) is 19.6 Å². The van der Waals surface area contributed by atoms with Crippen molar-refractivity contribution in [2.24, 2.45) is 10.8 Å². The third kappa shape index (κ3) is 4.46. The van der Waals surface area contributed by atoms with Crippen molar-refractivity contribution in [3.63, 3.8) is 0 Å². The van der Waals surface area contributed by atoms with E-state index in [2.05, 4.69) is 44.8 Å². The minimum Gasteiger partial charge on any atom is -0.313 e. The molecule has 1 heterocycles. The van der Waals surface area contributed by atoms with Crippen LogP contribution in [0, 0.1) is 10.8 Å². The Balaban J connectivity index is 2.04. The summed E-state index contributed by atoms with van der Waals surface area (Å²) in [7, 11) is 0. The van der Waals surface area contributed by atoms with Crippen molar-refractivity contribution in [2.45, 2.75) is 85.2 Å². The van der Waals surface area contributed by atoms with Gasteiger partial charge in [0.25, 0.3) is 0 Å². The summed E-state index contributed by atoms with van der Waals surface area (Å²) in [6, 6.07) is 1.52. The number of hydrogen-bond acceptors (Lipinski definition) is 2. The maximum atomic E-state index is 3.75. The smallest absolute Gasteiger partial charge is 0.0195 e. The maximum absolute atomic E-state index is 3.75. The molecule has 1 atom stereocenters. The van der Waals surface area contributed by atoms with Gasteiger partial charge < -0.3 is 5.32 Å². The molecule has 0 aromatic rings. The fourth-order valence-corrected chi connectivity index (χ4v) is 4.95. The fraction of sp³-hybridized carbons (Fsp3) is 1.00. The van der Waals surface area contributed by atoms with Crippen molar-refractivity contribution < 1.29 is 0 Å². The summed E-state index contributed by atoms with van der Waals surface area (Å²) in [6.07, 6.45) is 8.09. The molecule has 1 aliphatic carbocycles. The molecule has 0 amide bonds. The monoisotopic (exact) mass is 280 g/mol. The molecular formula is C18H36N2. The van der Waals surface area contributed by atoms with Crippen LogP contribution in [0.4, 0.5) is 0 Å². The van der Waals surface area contributed by atoms with Gasteiger partial charge in [-0.1, -0.05) is 41.0 Å². The van der Waals surface area contributed by atoms with E-state index in [9.17, 15) is 0 Å². The highest BCUT2D eigenvalue weighted by Crippen LogP contribution is 2.47. The van der Waals surface area contributed by atoms with Crippen LogP contribution in [0.2, 0.25) is 0 Å². The zero-order valence-corrected chi connectivity index (χ0v) is 14.5. The fourth-order valence-electron chi connectivity index (χ4n) is 4.95. The molecule has 0 spiro atoms. The van der Waals surface area contributed by atoms with Crippen LogP contribution in [-0.4, -0.2) is 36.6 Å². The van der Waals surface area contributed by atoms with Crippen molar-refractivity contribution in [3.05, 3.63) is 0 Å². The normalized spacial score (nSPS) is 31.9. The predicted molar refractivity (Wildman–Crippen MR) is 88.1 cm³/mol. The van der Waals surface area contributed by atoms with Crippen LogP contribution < -0.4 is 5.32 Å². The van der Waals surface area contributed by atoms with Gasteiger partial charge in [-0.15, -0.1) is 0 Å². The summed E-state index contributed by atoms with van der Waals surface area (Å²) in [5.41, 5.74) is 1.01. The molecule has 20 heavy (non-hydrogen) atoms. The van der Waals surface area contributed by atoms with E-state index in [1.807, 2.05) is 0 Å². The lowest BCUT2D eigenvalue weighted by Crippen LogP contribution is -2.49. The average molecular weight is 280 g/mol. The van der Waals surface area contributed by atoms with E-state index in [-0.39, 0.29) is 0 Å². The van der Waals surface area contributed by atoms with Gasteiger partial charge in [0, 0.05) is 18.6 Å². The average Bonchev–Trinajstić information content (AvgIpc) is 2.51. The van der Waals surface area contributed by atoms with E-state index < -0.39 is 0 Å². The Labute approximate surface area is 126 Å². The lowest BCUT2D eigenvalue weighted by atomic mass is 9.63. The van der Waals surface area contributed by atoms with Crippen LogP contribution >= 0.6 is 0 Å². The van der Waals surface area contributed by atoms with E-state index in [0.29, 0.717) is 10.8 Å². The van der Waals surface area contributed by atoms with Crippen LogP contribution in [0.1, 0.15) is 73.1 Å². The van der Waals surface area contributed by atoms with E-state index in [1.54, 1.807) is 0 Å². The van der Waals surface area contributed by atoms with Crippen molar-refractivity contribution in [3.8, 4) is 0 Å². The zero-order valence-electron chi connectivity index (χ0n) is 14.5. The predicted octanol–water partition coefficient (Wildman–Crippen LogP) is 4.06. The quantitative estimate of drug-likeness (QED) is 0.839. The third-order valence-corrected chi connectivity index (χ3v) is 5.20. The van der Waals surface area contributed by atoms with Gasteiger partial charge >= 0.3 is 0 Å². The molecule has 0 radical (unpaired) electrons. The van der Waals surface area contributed by atoms with Gasteiger partial charge in [0.2, 0.25) is 0 Å². The first kappa shape index (κ1) is 16.3. The van der Waals surface area contributed by atoms with Gasteiger partial charge in [-0.05, 0) is 56.0 Å². The van der Waals surface area contributed by atoms with Gasteiger partial charge in [0.1, 0.15) is 0 Å². The summed E-state index contributed by atoms with van der Waals surface area (Å²) in [6.45, 7) is 16.0. The standard InChI is InChI=1S/C18H36N2/c1-6-8-15-13-20(10-7-9-19-15)16-11-17(2,3)14-18(4,5)12-16/h15-16,19H,6-14H2,1-5H3. The first-order valence-electron chi connectivity index (χ1n) is 8.79. The summed E-state index contributed by atoms with van der Waals surface area (Å²) >= 11 is 0. The van der Waals surface area contributed by atoms with Crippen LogP contribution in [0.3, 0.4) is 0 Å². The molecule has 0 aromatic carbocycles. The van der Waals surface area contributed by atoms with Crippen LogP contribution in [0.5, 0.6) is 0 Å². The third-order valence-electron chi connectivity index (χ3n) is 5.20. The van der Waals surface area contributed by atoms with Crippen LogP contribution in [0.25, 0.3) is 0 Å². The highest BCUT2D eigenvalue weighted by atomic mass is 15.2. The lowest BCUT2D eigenvalue weighted by molar-refractivity contribution is 0.0234. The van der Waals surface area contributed by atoms with E-state index in [4.69, 9.17) is 0 Å². The molecule has 1 unspecified atom stereocenters. The van der Waals surface area contributed by atoms with E-state index in [1.165, 1.54) is 58.2 Å². The molecule has 1 N–H and O–H groups in total.